The van der Waals surface area contributed by atoms with E-state index >= 15 is 0 Å². The van der Waals surface area contributed by atoms with Crippen LogP contribution in [0.1, 0.15) is 16.7 Å². The minimum atomic E-state index is -3.74. The molecule has 0 saturated heterocycles. The predicted molar refractivity (Wildman–Crippen MR) is 81.0 cm³/mol. The molecule has 6 heteroatoms. The van der Waals surface area contributed by atoms with Gasteiger partial charge in [-0.2, -0.15) is 0 Å². The van der Waals surface area contributed by atoms with Crippen molar-refractivity contribution in [2.24, 2.45) is 5.14 Å². The van der Waals surface area contributed by atoms with Gasteiger partial charge in [-0.1, -0.05) is 12.1 Å². The Morgan fingerprint density at radius 3 is 2.43 bits per heavy atom. The summed E-state index contributed by atoms with van der Waals surface area (Å²) in [7, 11) is -3.74. The second-order valence-corrected chi connectivity index (χ2v) is 6.48. The van der Waals surface area contributed by atoms with Crippen LogP contribution in [0.2, 0.25) is 0 Å². The molecule has 0 aliphatic heterocycles. The molecule has 0 spiro atoms. The molecule has 0 saturated carbocycles. The second-order valence-electron chi connectivity index (χ2n) is 4.95. The van der Waals surface area contributed by atoms with E-state index in [-0.39, 0.29) is 10.7 Å². The summed E-state index contributed by atoms with van der Waals surface area (Å²) in [6.07, 6.45) is 0. The normalized spacial score (nSPS) is 11.4. The molecule has 4 nitrogen and oxygen atoms in total. The summed E-state index contributed by atoms with van der Waals surface area (Å²) in [5.74, 6) is -0.275. The number of hydrogen-bond donors (Lipinski definition) is 2. The minimum absolute atomic E-state index is 0.100. The highest BCUT2D eigenvalue weighted by Gasteiger charge is 2.12. The standard InChI is InChI=1S/C15H17FN2O2S/c1-10-3-6-14(8-15(10)21(17,19)20)18-9-12-4-5-13(16)7-11(12)2/h3-8,18H,9H2,1-2H3,(H2,17,19,20). The van der Waals surface area contributed by atoms with Crippen LogP contribution in [0.3, 0.4) is 0 Å². The summed E-state index contributed by atoms with van der Waals surface area (Å²) >= 11 is 0. The van der Waals surface area contributed by atoms with Crippen LogP contribution in [-0.2, 0) is 16.6 Å². The van der Waals surface area contributed by atoms with Gasteiger partial charge >= 0.3 is 0 Å². The Labute approximate surface area is 123 Å². The van der Waals surface area contributed by atoms with E-state index in [0.717, 1.165) is 11.1 Å². The zero-order chi connectivity index (χ0) is 15.6. The van der Waals surface area contributed by atoms with E-state index in [2.05, 4.69) is 5.32 Å². The van der Waals surface area contributed by atoms with Crippen LogP contribution in [0.25, 0.3) is 0 Å². The maximum absolute atomic E-state index is 13.0. The fourth-order valence-corrected chi connectivity index (χ4v) is 2.88. The van der Waals surface area contributed by atoms with Crippen LogP contribution < -0.4 is 10.5 Å². The number of rotatable bonds is 4. The molecule has 0 aliphatic carbocycles. The van der Waals surface area contributed by atoms with Crippen LogP contribution in [-0.4, -0.2) is 8.42 Å². The number of aryl methyl sites for hydroxylation is 2. The van der Waals surface area contributed by atoms with Gasteiger partial charge in [0.15, 0.2) is 0 Å². The number of nitrogens with two attached hydrogens (primary N) is 1. The van der Waals surface area contributed by atoms with E-state index in [4.69, 9.17) is 5.14 Å². The van der Waals surface area contributed by atoms with E-state index in [1.54, 1.807) is 25.1 Å². The molecular formula is C15H17FN2O2S. The molecule has 0 fully saturated rings. The number of hydrogen-bond acceptors (Lipinski definition) is 3. The maximum atomic E-state index is 13.0. The van der Waals surface area contributed by atoms with Crippen LogP contribution in [0.4, 0.5) is 10.1 Å². The summed E-state index contributed by atoms with van der Waals surface area (Å²) in [5, 5.41) is 8.30. The van der Waals surface area contributed by atoms with Gasteiger partial charge in [0.05, 0.1) is 4.90 Å². The molecule has 0 radical (unpaired) electrons. The zero-order valence-electron chi connectivity index (χ0n) is 11.9. The number of sulfonamides is 1. The topological polar surface area (TPSA) is 72.2 Å². The smallest absolute Gasteiger partial charge is 0.238 e. The lowest BCUT2D eigenvalue weighted by molar-refractivity contribution is 0.597. The van der Waals surface area contributed by atoms with Crippen molar-refractivity contribution in [2.75, 3.05) is 5.32 Å². The lowest BCUT2D eigenvalue weighted by Crippen LogP contribution is -2.14. The number of anilines is 1. The highest BCUT2D eigenvalue weighted by atomic mass is 32.2. The Hall–Kier alpha value is -1.92. The summed E-state index contributed by atoms with van der Waals surface area (Å²) < 4.78 is 36.0. The molecule has 0 unspecified atom stereocenters. The molecular weight excluding hydrogens is 291 g/mol. The Balaban J connectivity index is 2.21. The van der Waals surface area contributed by atoms with Gasteiger partial charge < -0.3 is 5.32 Å². The fourth-order valence-electron chi connectivity index (χ4n) is 2.07. The summed E-state index contributed by atoms with van der Waals surface area (Å²) in [6, 6.07) is 9.54. The van der Waals surface area contributed by atoms with E-state index < -0.39 is 10.0 Å². The van der Waals surface area contributed by atoms with E-state index in [1.165, 1.54) is 18.2 Å². The molecule has 2 aromatic carbocycles. The molecule has 0 aliphatic rings. The van der Waals surface area contributed by atoms with E-state index in [1.807, 2.05) is 6.92 Å². The third-order valence-electron chi connectivity index (χ3n) is 3.28. The third-order valence-corrected chi connectivity index (χ3v) is 4.34. The monoisotopic (exact) mass is 308 g/mol. The van der Waals surface area contributed by atoms with Gasteiger partial charge in [-0.05, 0) is 54.8 Å². The first-order chi connectivity index (χ1) is 9.77. The number of nitrogens with one attached hydrogen (secondary N) is 1. The molecule has 0 aromatic heterocycles. The van der Waals surface area contributed by atoms with Gasteiger partial charge in [0.1, 0.15) is 5.82 Å². The van der Waals surface area contributed by atoms with E-state index in [9.17, 15) is 12.8 Å². The molecule has 0 bridgehead atoms. The van der Waals surface area contributed by atoms with Crippen LogP contribution >= 0.6 is 0 Å². The van der Waals surface area contributed by atoms with Gasteiger partial charge in [0.25, 0.3) is 0 Å². The molecule has 0 heterocycles. The van der Waals surface area contributed by atoms with Crippen molar-refractivity contribution in [2.45, 2.75) is 25.3 Å². The van der Waals surface area contributed by atoms with Gasteiger partial charge in [0.2, 0.25) is 10.0 Å². The molecule has 3 N–H and O–H groups in total. The summed E-state index contributed by atoms with van der Waals surface area (Å²) in [5.41, 5.74) is 3.02. The molecule has 112 valence electrons. The van der Waals surface area contributed by atoms with Crippen molar-refractivity contribution in [1.29, 1.82) is 0 Å². The van der Waals surface area contributed by atoms with Gasteiger partial charge in [-0.15, -0.1) is 0 Å². The van der Waals surface area contributed by atoms with Crippen molar-refractivity contribution in [1.82, 2.24) is 0 Å². The van der Waals surface area contributed by atoms with Crippen LogP contribution in [0.5, 0.6) is 0 Å². The van der Waals surface area contributed by atoms with Crippen molar-refractivity contribution < 1.29 is 12.8 Å². The lowest BCUT2D eigenvalue weighted by Gasteiger charge is -2.11. The Kier molecular flexibility index (Phi) is 4.29. The molecule has 0 atom stereocenters. The van der Waals surface area contributed by atoms with Crippen molar-refractivity contribution in [3.63, 3.8) is 0 Å². The van der Waals surface area contributed by atoms with Gasteiger partial charge in [-0.25, -0.2) is 17.9 Å². The lowest BCUT2D eigenvalue weighted by atomic mass is 10.1. The van der Waals surface area contributed by atoms with Crippen LogP contribution in [0, 0.1) is 19.7 Å². The quantitative estimate of drug-likeness (QED) is 0.912. The Morgan fingerprint density at radius 2 is 1.81 bits per heavy atom. The summed E-state index contributed by atoms with van der Waals surface area (Å²) in [4.78, 5) is 0.100. The van der Waals surface area contributed by atoms with Gasteiger partial charge in [-0.3, -0.25) is 0 Å². The average Bonchev–Trinajstić information content (AvgIpc) is 2.38. The fraction of sp³-hybridized carbons (Fsp3) is 0.200. The highest BCUT2D eigenvalue weighted by molar-refractivity contribution is 7.89. The van der Waals surface area contributed by atoms with E-state index in [0.29, 0.717) is 17.8 Å². The third kappa shape index (κ3) is 3.80. The largest absolute Gasteiger partial charge is 0.381 e. The Bertz CT molecular complexity index is 773. The van der Waals surface area contributed by atoms with Crippen LogP contribution in [0.15, 0.2) is 41.3 Å². The first-order valence-electron chi connectivity index (χ1n) is 6.40. The number of benzene rings is 2. The SMILES string of the molecule is Cc1cc(F)ccc1CNc1ccc(C)c(S(N)(=O)=O)c1. The summed E-state index contributed by atoms with van der Waals surface area (Å²) in [6.45, 7) is 3.98. The minimum Gasteiger partial charge on any atom is -0.381 e. The first kappa shape index (κ1) is 15.5. The second kappa shape index (κ2) is 5.83. The Morgan fingerprint density at radius 1 is 1.10 bits per heavy atom. The molecule has 2 rings (SSSR count). The van der Waals surface area contributed by atoms with Gasteiger partial charge in [0, 0.05) is 12.2 Å². The highest BCUT2D eigenvalue weighted by Crippen LogP contribution is 2.20. The maximum Gasteiger partial charge on any atom is 0.238 e. The predicted octanol–water partition coefficient (Wildman–Crippen LogP) is 2.70. The van der Waals surface area contributed by atoms with Crippen molar-refractivity contribution in [3.05, 3.63) is 58.9 Å². The number of halogens is 1. The zero-order valence-corrected chi connectivity index (χ0v) is 12.7. The molecule has 0 amide bonds. The number of primary sulfonamides is 1. The molecule has 21 heavy (non-hydrogen) atoms. The van der Waals surface area contributed by atoms with Crippen molar-refractivity contribution in [3.8, 4) is 0 Å². The van der Waals surface area contributed by atoms with Crippen molar-refractivity contribution >= 4 is 15.7 Å². The first-order valence-corrected chi connectivity index (χ1v) is 7.94. The average molecular weight is 308 g/mol. The molecule has 2 aromatic rings.